The minimum Gasteiger partial charge on any atom is -0.361 e. The highest BCUT2D eigenvalue weighted by atomic mass is 32.1. The van der Waals surface area contributed by atoms with Gasteiger partial charge in [0, 0.05) is 27.1 Å². The molecule has 4 rings (SSSR count). The monoisotopic (exact) mass is 388 g/mol. The van der Waals surface area contributed by atoms with Crippen molar-refractivity contribution in [3.63, 3.8) is 0 Å². The molecule has 0 spiro atoms. The van der Waals surface area contributed by atoms with Crippen LogP contribution in [0.3, 0.4) is 0 Å². The Hall–Kier alpha value is -2.76. The van der Waals surface area contributed by atoms with E-state index in [0.717, 1.165) is 28.8 Å². The van der Waals surface area contributed by atoms with E-state index >= 15 is 0 Å². The molecule has 1 atom stereocenters. The predicted octanol–water partition coefficient (Wildman–Crippen LogP) is 5.56. The molecule has 0 bridgehead atoms. The third-order valence-electron chi connectivity index (χ3n) is 4.93. The molecule has 0 radical (unpaired) electrons. The summed E-state index contributed by atoms with van der Waals surface area (Å²) in [5.74, 6) is 0.833. The van der Waals surface area contributed by atoms with Crippen molar-refractivity contribution in [1.82, 2.24) is 15.5 Å². The molecule has 0 saturated heterocycles. The quantitative estimate of drug-likeness (QED) is 0.454. The summed E-state index contributed by atoms with van der Waals surface area (Å²) in [6.45, 7) is 5.03. The Morgan fingerprint density at radius 2 is 1.68 bits per heavy atom. The number of aryl methyl sites for hydroxylation is 1. The molecule has 0 amide bonds. The number of fused-ring (bicyclic) bond motifs is 1. The molecule has 2 N–H and O–H groups in total. The maximum absolute atomic E-state index is 4.41. The van der Waals surface area contributed by atoms with Crippen LogP contribution in [-0.4, -0.2) is 17.2 Å². The third kappa shape index (κ3) is 3.63. The van der Waals surface area contributed by atoms with Gasteiger partial charge in [-0.2, -0.15) is 5.10 Å². The van der Waals surface area contributed by atoms with Crippen LogP contribution in [0.1, 0.15) is 29.1 Å². The lowest BCUT2D eigenvalue weighted by molar-refractivity contribution is 0.820. The fraction of sp³-hybridized carbons (Fsp3) is 0.217. The average Bonchev–Trinajstić information content (AvgIpc) is 3.21. The summed E-state index contributed by atoms with van der Waals surface area (Å²) in [5.41, 5.74) is 3.56. The second-order valence-electron chi connectivity index (χ2n) is 6.94. The highest BCUT2D eigenvalue weighted by Crippen LogP contribution is 2.35. The first-order chi connectivity index (χ1) is 13.7. The molecular formula is C23H24N4S. The van der Waals surface area contributed by atoms with Crippen LogP contribution in [0.5, 0.6) is 0 Å². The summed E-state index contributed by atoms with van der Waals surface area (Å²) in [6.07, 6.45) is 0. The van der Waals surface area contributed by atoms with Crippen molar-refractivity contribution in [3.8, 4) is 10.4 Å². The van der Waals surface area contributed by atoms with Crippen LogP contribution < -0.4 is 10.6 Å². The number of aromatic nitrogens is 2. The molecule has 28 heavy (non-hydrogen) atoms. The molecule has 4 aromatic rings. The zero-order valence-corrected chi connectivity index (χ0v) is 17.2. The van der Waals surface area contributed by atoms with Gasteiger partial charge >= 0.3 is 0 Å². The van der Waals surface area contributed by atoms with Gasteiger partial charge in [-0.15, -0.1) is 16.4 Å². The molecule has 2 aromatic carbocycles. The van der Waals surface area contributed by atoms with Crippen molar-refractivity contribution in [2.45, 2.75) is 26.4 Å². The number of hydrogen-bond acceptors (Lipinski definition) is 5. The summed E-state index contributed by atoms with van der Waals surface area (Å²) >= 11 is 1.82. The predicted molar refractivity (Wildman–Crippen MR) is 119 cm³/mol. The van der Waals surface area contributed by atoms with Crippen LogP contribution in [0.15, 0.2) is 60.7 Å². The van der Waals surface area contributed by atoms with Gasteiger partial charge in [0.2, 0.25) is 0 Å². The second-order valence-corrected chi connectivity index (χ2v) is 8.05. The molecule has 2 aromatic heterocycles. The molecule has 5 heteroatoms. The van der Waals surface area contributed by atoms with Gasteiger partial charge in [-0.3, -0.25) is 0 Å². The zero-order valence-electron chi connectivity index (χ0n) is 16.4. The van der Waals surface area contributed by atoms with Crippen LogP contribution >= 0.6 is 11.3 Å². The van der Waals surface area contributed by atoms with E-state index in [1.807, 2.05) is 37.4 Å². The number of thiophene rings is 1. The first-order valence-corrected chi connectivity index (χ1v) is 10.3. The van der Waals surface area contributed by atoms with E-state index in [0.29, 0.717) is 0 Å². The number of nitrogens with zero attached hydrogens (tertiary/aromatic N) is 2. The number of benzene rings is 2. The van der Waals surface area contributed by atoms with Gasteiger partial charge in [-0.05, 0) is 44.2 Å². The van der Waals surface area contributed by atoms with E-state index in [2.05, 4.69) is 76.3 Å². The van der Waals surface area contributed by atoms with Crippen molar-refractivity contribution < 1.29 is 0 Å². The van der Waals surface area contributed by atoms with Gasteiger partial charge < -0.3 is 10.6 Å². The SMILES string of the molecule is CNCc1ccccc1-c1ccc(C(C)Nc2nnc(C)c3ccccc23)s1. The molecule has 142 valence electrons. The smallest absolute Gasteiger partial charge is 0.157 e. The highest BCUT2D eigenvalue weighted by Gasteiger charge is 2.14. The Morgan fingerprint density at radius 3 is 2.50 bits per heavy atom. The maximum Gasteiger partial charge on any atom is 0.157 e. The first kappa shape index (κ1) is 18.6. The Kier molecular flexibility index (Phi) is 5.37. The van der Waals surface area contributed by atoms with E-state index in [-0.39, 0.29) is 6.04 Å². The van der Waals surface area contributed by atoms with Gasteiger partial charge in [0.15, 0.2) is 5.82 Å². The van der Waals surface area contributed by atoms with Crippen molar-refractivity contribution in [3.05, 3.63) is 76.8 Å². The molecule has 0 fully saturated rings. The summed E-state index contributed by atoms with van der Waals surface area (Å²) in [7, 11) is 1.98. The fourth-order valence-corrected chi connectivity index (χ4v) is 4.53. The molecule has 0 saturated carbocycles. The van der Waals surface area contributed by atoms with E-state index < -0.39 is 0 Å². The van der Waals surface area contributed by atoms with Crippen LogP contribution in [0, 0.1) is 6.92 Å². The molecule has 4 nitrogen and oxygen atoms in total. The molecule has 1 unspecified atom stereocenters. The Labute approximate surface area is 169 Å². The standard InChI is InChI=1S/C23H24N4S/c1-15-18-9-6-7-11-20(18)23(27-26-15)25-16(2)21-12-13-22(28-21)19-10-5-4-8-17(19)14-24-3/h4-13,16,24H,14H2,1-3H3,(H,25,27). The summed E-state index contributed by atoms with van der Waals surface area (Å²) in [4.78, 5) is 2.56. The Morgan fingerprint density at radius 1 is 0.929 bits per heavy atom. The van der Waals surface area contributed by atoms with Gasteiger partial charge in [0.1, 0.15) is 0 Å². The van der Waals surface area contributed by atoms with Gasteiger partial charge in [0.05, 0.1) is 11.7 Å². The van der Waals surface area contributed by atoms with E-state index in [4.69, 9.17) is 0 Å². The van der Waals surface area contributed by atoms with Crippen molar-refractivity contribution >= 4 is 27.9 Å². The number of anilines is 1. The van der Waals surface area contributed by atoms with Crippen LogP contribution in [0.25, 0.3) is 21.2 Å². The van der Waals surface area contributed by atoms with Crippen molar-refractivity contribution in [2.24, 2.45) is 0 Å². The summed E-state index contributed by atoms with van der Waals surface area (Å²) in [6, 6.07) is 21.4. The van der Waals surface area contributed by atoms with Gasteiger partial charge in [-0.25, -0.2) is 0 Å². The summed E-state index contributed by atoms with van der Waals surface area (Å²) < 4.78 is 0. The molecule has 0 aliphatic heterocycles. The average molecular weight is 389 g/mol. The number of nitrogens with one attached hydrogen (secondary N) is 2. The minimum absolute atomic E-state index is 0.149. The normalized spacial score (nSPS) is 12.2. The summed E-state index contributed by atoms with van der Waals surface area (Å²) in [5, 5.41) is 17.8. The zero-order chi connectivity index (χ0) is 19.5. The Balaban J connectivity index is 1.61. The Bertz CT molecular complexity index is 1100. The van der Waals surface area contributed by atoms with E-state index in [1.165, 1.54) is 20.9 Å². The highest BCUT2D eigenvalue weighted by molar-refractivity contribution is 7.15. The van der Waals surface area contributed by atoms with E-state index in [9.17, 15) is 0 Å². The minimum atomic E-state index is 0.149. The van der Waals surface area contributed by atoms with Crippen molar-refractivity contribution in [2.75, 3.05) is 12.4 Å². The van der Waals surface area contributed by atoms with E-state index in [1.54, 1.807) is 0 Å². The van der Waals surface area contributed by atoms with Crippen LogP contribution in [-0.2, 0) is 6.54 Å². The van der Waals surface area contributed by atoms with Gasteiger partial charge in [0.25, 0.3) is 0 Å². The fourth-order valence-electron chi connectivity index (χ4n) is 3.46. The first-order valence-electron chi connectivity index (χ1n) is 9.48. The topological polar surface area (TPSA) is 49.8 Å². The molecular weight excluding hydrogens is 364 g/mol. The number of hydrogen-bond donors (Lipinski definition) is 2. The third-order valence-corrected chi connectivity index (χ3v) is 6.23. The number of rotatable bonds is 6. The lowest BCUT2D eigenvalue weighted by atomic mass is 10.1. The largest absolute Gasteiger partial charge is 0.361 e. The van der Waals surface area contributed by atoms with Crippen molar-refractivity contribution in [1.29, 1.82) is 0 Å². The lowest BCUT2D eigenvalue weighted by Gasteiger charge is -2.15. The molecule has 0 aliphatic carbocycles. The lowest BCUT2D eigenvalue weighted by Crippen LogP contribution is -2.08. The maximum atomic E-state index is 4.41. The molecule has 2 heterocycles. The van der Waals surface area contributed by atoms with Gasteiger partial charge in [-0.1, -0.05) is 48.5 Å². The van der Waals surface area contributed by atoms with Crippen LogP contribution in [0.4, 0.5) is 5.82 Å². The second kappa shape index (κ2) is 8.09. The van der Waals surface area contributed by atoms with Crippen LogP contribution in [0.2, 0.25) is 0 Å². The molecule has 0 aliphatic rings.